The second kappa shape index (κ2) is 2.62. The van der Waals surface area contributed by atoms with E-state index in [1.165, 1.54) is 0 Å². The van der Waals surface area contributed by atoms with E-state index in [1.807, 2.05) is 0 Å². The van der Waals surface area contributed by atoms with Gasteiger partial charge >= 0.3 is 55.8 Å². The van der Waals surface area contributed by atoms with Gasteiger partial charge in [0.2, 0.25) is 0 Å². The Balaban J connectivity index is 2.44. The third-order valence-electron chi connectivity index (χ3n) is 1.08. The predicted octanol–water partition coefficient (Wildman–Crippen LogP) is 2.03. The van der Waals surface area contributed by atoms with E-state index in [2.05, 4.69) is 28.9 Å². The van der Waals surface area contributed by atoms with Crippen LogP contribution in [-0.4, -0.2) is 0 Å². The minimum atomic E-state index is -0.0131. The molecule has 0 atom stereocenters. The van der Waals surface area contributed by atoms with Crippen LogP contribution in [0.5, 0.6) is 0 Å². The standard InChI is InChI=1S/C5H5.CH3.Zr/c1-2-4-5-3-1;;/h1-5H;1H3;. The maximum atomic E-state index is 2.37. The van der Waals surface area contributed by atoms with Gasteiger partial charge in [-0.05, 0) is 0 Å². The van der Waals surface area contributed by atoms with Gasteiger partial charge in [-0.1, -0.05) is 0 Å². The van der Waals surface area contributed by atoms with E-state index < -0.39 is 0 Å². The molecule has 0 aromatic carbocycles. The van der Waals surface area contributed by atoms with Crippen molar-refractivity contribution in [3.05, 3.63) is 24.3 Å². The Bertz CT molecular complexity index is 90.7. The Kier molecular flexibility index (Phi) is 2.06. The summed E-state index contributed by atoms with van der Waals surface area (Å²) in [4.78, 5) is 0. The van der Waals surface area contributed by atoms with E-state index in [1.54, 1.807) is 0 Å². The van der Waals surface area contributed by atoms with Crippen LogP contribution in [0.3, 0.4) is 0 Å². The SMILES string of the molecule is [CH3][Zr][CH]1C=CC=C1. The summed E-state index contributed by atoms with van der Waals surface area (Å²) < 4.78 is 3.28. The van der Waals surface area contributed by atoms with Crippen LogP contribution in [0.15, 0.2) is 24.3 Å². The zero-order valence-electron chi connectivity index (χ0n) is 4.39. The van der Waals surface area contributed by atoms with Crippen LogP contribution in [0.1, 0.15) is 0 Å². The van der Waals surface area contributed by atoms with Gasteiger partial charge in [0.15, 0.2) is 0 Å². The molecule has 0 heterocycles. The summed E-state index contributed by atoms with van der Waals surface area (Å²) in [7, 11) is 0. The van der Waals surface area contributed by atoms with E-state index in [-0.39, 0.29) is 23.2 Å². The number of allylic oxidation sites excluding steroid dienone is 4. The second-order valence-corrected chi connectivity index (χ2v) is 4.64. The van der Waals surface area contributed by atoms with Gasteiger partial charge in [0, 0.05) is 0 Å². The molecule has 1 aliphatic carbocycles. The Morgan fingerprint density at radius 2 is 1.86 bits per heavy atom. The Labute approximate surface area is 55.9 Å². The molecule has 0 unspecified atom stereocenters. The first-order valence-electron chi connectivity index (χ1n) is 2.46. The molecule has 0 amide bonds. The van der Waals surface area contributed by atoms with Crippen molar-refractivity contribution in [2.75, 3.05) is 0 Å². The van der Waals surface area contributed by atoms with E-state index in [9.17, 15) is 0 Å². The molecule has 0 radical (unpaired) electrons. The Hall–Kier alpha value is 0.363. The van der Waals surface area contributed by atoms with Crippen LogP contribution in [-0.2, 0) is 23.2 Å². The quantitative estimate of drug-likeness (QED) is 0.566. The van der Waals surface area contributed by atoms with Crippen molar-refractivity contribution < 1.29 is 23.2 Å². The molecule has 1 rings (SSSR count). The van der Waals surface area contributed by atoms with Gasteiger partial charge in [-0.2, -0.15) is 0 Å². The average molecular weight is 171 g/mol. The van der Waals surface area contributed by atoms with Gasteiger partial charge in [0.1, 0.15) is 0 Å². The normalized spacial score (nSPS) is 18.4. The summed E-state index contributed by atoms with van der Waals surface area (Å²) >= 11 is -0.0131. The van der Waals surface area contributed by atoms with E-state index in [4.69, 9.17) is 0 Å². The van der Waals surface area contributed by atoms with Gasteiger partial charge in [-0.25, -0.2) is 0 Å². The van der Waals surface area contributed by atoms with Gasteiger partial charge < -0.3 is 0 Å². The van der Waals surface area contributed by atoms with Crippen molar-refractivity contribution in [2.45, 2.75) is 8.26 Å². The third kappa shape index (κ3) is 1.38. The van der Waals surface area contributed by atoms with Crippen LogP contribution in [0.25, 0.3) is 0 Å². The van der Waals surface area contributed by atoms with Crippen LogP contribution in [0.4, 0.5) is 0 Å². The molecule has 0 fully saturated rings. The van der Waals surface area contributed by atoms with Crippen molar-refractivity contribution in [3.63, 3.8) is 0 Å². The molecule has 0 N–H and O–H groups in total. The fourth-order valence-corrected chi connectivity index (χ4v) is 2.12. The van der Waals surface area contributed by atoms with Gasteiger partial charge in [-0.3, -0.25) is 0 Å². The summed E-state index contributed by atoms with van der Waals surface area (Å²) in [6, 6.07) is 0. The maximum absolute atomic E-state index is 2.37. The van der Waals surface area contributed by atoms with E-state index in [0.717, 1.165) is 3.63 Å². The molecule has 0 aromatic rings. The predicted molar refractivity (Wildman–Crippen MR) is 27.9 cm³/mol. The number of rotatable bonds is 1. The van der Waals surface area contributed by atoms with Gasteiger partial charge in [0.25, 0.3) is 0 Å². The second-order valence-electron chi connectivity index (χ2n) is 1.58. The molecule has 0 saturated heterocycles. The molecule has 0 bridgehead atoms. The van der Waals surface area contributed by atoms with Crippen LogP contribution in [0, 0.1) is 0 Å². The van der Waals surface area contributed by atoms with E-state index in [0.29, 0.717) is 0 Å². The van der Waals surface area contributed by atoms with Crippen LogP contribution >= 0.6 is 0 Å². The minimum absolute atomic E-state index is 0.0131. The van der Waals surface area contributed by atoms with E-state index >= 15 is 0 Å². The molecule has 0 aliphatic heterocycles. The molecule has 0 spiro atoms. The molecule has 7 heavy (non-hydrogen) atoms. The molecule has 0 saturated carbocycles. The number of hydrogen-bond donors (Lipinski definition) is 0. The first-order chi connectivity index (χ1) is 3.43. The molecule has 36 valence electrons. The van der Waals surface area contributed by atoms with Gasteiger partial charge in [-0.15, -0.1) is 0 Å². The van der Waals surface area contributed by atoms with Crippen LogP contribution < -0.4 is 0 Å². The fourth-order valence-electron chi connectivity index (χ4n) is 0.624. The topological polar surface area (TPSA) is 0 Å². The average Bonchev–Trinajstić information content (AvgIpc) is 2.14. The van der Waals surface area contributed by atoms with Crippen LogP contribution in [0.2, 0.25) is 8.26 Å². The number of hydrogen-bond acceptors (Lipinski definition) is 0. The first-order valence-corrected chi connectivity index (χ1v) is 6.33. The molecular weight excluding hydrogens is 163 g/mol. The fraction of sp³-hybridized carbons (Fsp3) is 0.333. The van der Waals surface area contributed by atoms with Crippen molar-refractivity contribution in [1.82, 2.24) is 0 Å². The Morgan fingerprint density at radius 1 is 1.29 bits per heavy atom. The molecule has 1 aliphatic rings. The monoisotopic (exact) mass is 170 g/mol. The zero-order chi connectivity index (χ0) is 5.11. The molecule has 0 aromatic heterocycles. The molecule has 1 heteroatoms. The summed E-state index contributed by atoms with van der Waals surface area (Å²) in [5, 5.41) is 0. The van der Waals surface area contributed by atoms with Crippen molar-refractivity contribution in [2.24, 2.45) is 0 Å². The van der Waals surface area contributed by atoms with Crippen molar-refractivity contribution in [3.8, 4) is 0 Å². The molecule has 0 nitrogen and oxygen atoms in total. The molecular formula is C6H8Zr. The summed E-state index contributed by atoms with van der Waals surface area (Å²) in [5.74, 6) is 0. The Morgan fingerprint density at radius 3 is 2.14 bits per heavy atom. The van der Waals surface area contributed by atoms with Gasteiger partial charge in [0.05, 0.1) is 0 Å². The van der Waals surface area contributed by atoms with Crippen molar-refractivity contribution >= 4 is 0 Å². The summed E-state index contributed by atoms with van der Waals surface area (Å²) in [6.07, 6.45) is 8.89. The zero-order valence-corrected chi connectivity index (χ0v) is 6.84. The van der Waals surface area contributed by atoms with Crippen molar-refractivity contribution in [1.29, 1.82) is 0 Å². The first kappa shape index (κ1) is 5.50. The summed E-state index contributed by atoms with van der Waals surface area (Å²) in [5.41, 5.74) is 0. The summed E-state index contributed by atoms with van der Waals surface area (Å²) in [6.45, 7) is 0. The third-order valence-corrected chi connectivity index (χ3v) is 3.67.